The van der Waals surface area contributed by atoms with E-state index in [2.05, 4.69) is 70.2 Å². The topological polar surface area (TPSA) is 33.6 Å². The second-order valence-corrected chi connectivity index (χ2v) is 22.1. The molecule has 8 heteroatoms. The predicted octanol–water partition coefficient (Wildman–Crippen LogP) is 19.6. The lowest BCUT2D eigenvalue weighted by molar-refractivity contribution is -0.137. The van der Waals surface area contributed by atoms with Gasteiger partial charge in [-0.1, -0.05) is 107 Å². The maximum Gasteiger partial charge on any atom is 0.418 e. The van der Waals surface area contributed by atoms with Crippen LogP contribution < -0.4 is 0 Å². The van der Waals surface area contributed by atoms with Crippen LogP contribution in [0, 0.1) is 94.4 Å². The average Bonchev–Trinajstić information content (AvgIpc) is 4.02. The monoisotopic (exact) mass is 1020 g/mol. The standard InChI is InChI=1S/C69H56F5N3/c1-34-21-38(5)60(39(6)22-34)46-14-19-57-52(29-46)49-16-13-48(62-42(9)25-36(3)26-43(62)10)31-59(49)76(57)66-54(33-75)65-55(32-56(66)69(72,73)74)68(70,71)64-51(63-44(11)27-37(4)28-45(63)12)18-17-50-53-30-47(15-20-58(53)77(65)67(50)64)61-40(7)23-35(2)24-41(61)8/h13-32H,1-12H3. The van der Waals surface area contributed by atoms with Crippen molar-refractivity contribution in [1.29, 1.82) is 5.26 Å². The minimum atomic E-state index is -5.20. The Morgan fingerprint density at radius 3 is 1.27 bits per heavy atom. The number of halogens is 5. The molecule has 0 unspecified atom stereocenters. The molecular weight excluding hydrogens is 966 g/mol. The predicted molar refractivity (Wildman–Crippen MR) is 306 cm³/mol. The summed E-state index contributed by atoms with van der Waals surface area (Å²) in [5.74, 6) is -4.03. The van der Waals surface area contributed by atoms with Crippen LogP contribution in [0.2, 0.25) is 0 Å². The molecule has 77 heavy (non-hydrogen) atoms. The summed E-state index contributed by atoms with van der Waals surface area (Å²) in [6, 6.07) is 40.3. The van der Waals surface area contributed by atoms with Crippen molar-refractivity contribution in [3.05, 3.63) is 210 Å². The van der Waals surface area contributed by atoms with Gasteiger partial charge in [-0.2, -0.15) is 27.2 Å². The van der Waals surface area contributed by atoms with Gasteiger partial charge in [0.1, 0.15) is 11.6 Å². The normalized spacial score (nSPS) is 13.1. The highest BCUT2D eigenvalue weighted by atomic mass is 19.4. The molecule has 382 valence electrons. The number of alkyl halides is 5. The maximum atomic E-state index is 18.8. The Kier molecular flexibility index (Phi) is 11.0. The molecule has 3 heterocycles. The van der Waals surface area contributed by atoms with Crippen LogP contribution in [-0.2, 0) is 12.1 Å². The molecule has 9 aromatic carbocycles. The van der Waals surface area contributed by atoms with E-state index in [0.29, 0.717) is 49.7 Å². The fraction of sp³-hybridized carbons (Fsp3) is 0.203. The van der Waals surface area contributed by atoms with E-state index in [1.165, 1.54) is 4.57 Å². The van der Waals surface area contributed by atoms with Gasteiger partial charge in [-0.15, -0.1) is 0 Å². The van der Waals surface area contributed by atoms with Gasteiger partial charge >= 0.3 is 12.1 Å². The van der Waals surface area contributed by atoms with Crippen molar-refractivity contribution in [2.45, 2.75) is 95.2 Å². The summed E-state index contributed by atoms with van der Waals surface area (Å²) < 4.78 is 90.5. The molecule has 3 nitrogen and oxygen atoms in total. The van der Waals surface area contributed by atoms with Gasteiger partial charge in [-0.25, -0.2) is 0 Å². The zero-order valence-electron chi connectivity index (χ0n) is 45.3. The molecule has 1 aliphatic rings. The third-order valence-electron chi connectivity index (χ3n) is 16.3. The molecule has 0 atom stereocenters. The second-order valence-electron chi connectivity index (χ2n) is 22.1. The Bertz CT molecular complexity index is 4400. The van der Waals surface area contributed by atoms with Crippen molar-refractivity contribution < 1.29 is 22.0 Å². The highest BCUT2D eigenvalue weighted by Crippen LogP contribution is 2.57. The number of aryl methyl sites for hydroxylation is 12. The summed E-state index contributed by atoms with van der Waals surface area (Å²) >= 11 is 0. The van der Waals surface area contributed by atoms with Gasteiger partial charge in [0.15, 0.2) is 0 Å². The second kappa shape index (κ2) is 17.1. The first-order chi connectivity index (χ1) is 36.5. The third-order valence-corrected chi connectivity index (χ3v) is 16.3. The minimum absolute atomic E-state index is 0.148. The summed E-state index contributed by atoms with van der Waals surface area (Å²) in [4.78, 5) is 0. The summed E-state index contributed by atoms with van der Waals surface area (Å²) in [5, 5.41) is 14.3. The van der Waals surface area contributed by atoms with Gasteiger partial charge in [-0.3, -0.25) is 0 Å². The SMILES string of the molecule is Cc1cc(C)c(-c2ccc3c(c2)c2ccc(-c4c(C)cc(C)cc4C)cc2n3-c2c(C(F)(F)F)cc3c(c2C#N)-n2c4ccc(-c5c(C)cc(C)cc5C)cc4c4ccc(-c5c(C)cc(C)cc5C)c(c42)C3(F)F)c(C)c1. The lowest BCUT2D eigenvalue weighted by Gasteiger charge is -2.33. The Hall–Kier alpha value is -8.28. The van der Waals surface area contributed by atoms with E-state index in [9.17, 15) is 5.26 Å². The maximum absolute atomic E-state index is 18.8. The molecule has 11 aromatic rings. The van der Waals surface area contributed by atoms with Crippen LogP contribution in [0.25, 0.3) is 99.5 Å². The molecule has 0 saturated heterocycles. The lowest BCUT2D eigenvalue weighted by atomic mass is 9.82. The Balaban J connectivity index is 1.26. The van der Waals surface area contributed by atoms with E-state index < -0.39 is 40.0 Å². The lowest BCUT2D eigenvalue weighted by Crippen LogP contribution is -2.28. The summed E-state index contributed by atoms with van der Waals surface area (Å²) in [5.41, 5.74) is 15.8. The van der Waals surface area contributed by atoms with Crippen molar-refractivity contribution in [3.63, 3.8) is 0 Å². The third kappa shape index (κ3) is 7.33. The minimum Gasteiger partial charge on any atom is -0.307 e. The first-order valence-electron chi connectivity index (χ1n) is 26.1. The average molecular weight is 1020 g/mol. The molecule has 1 aliphatic heterocycles. The summed E-state index contributed by atoms with van der Waals surface area (Å²) in [7, 11) is 0. The van der Waals surface area contributed by atoms with Crippen LogP contribution in [0.15, 0.2) is 121 Å². The number of fused-ring (bicyclic) bond motifs is 8. The number of nitrogens with zero attached hydrogens (tertiary/aromatic N) is 3. The van der Waals surface area contributed by atoms with Crippen molar-refractivity contribution >= 4 is 43.6 Å². The van der Waals surface area contributed by atoms with Gasteiger partial charge < -0.3 is 9.13 Å². The van der Waals surface area contributed by atoms with Crippen molar-refractivity contribution in [3.8, 4) is 62.0 Å². The van der Waals surface area contributed by atoms with E-state index >= 15 is 22.0 Å². The summed E-state index contributed by atoms with van der Waals surface area (Å²) in [6.07, 6.45) is -5.20. The van der Waals surface area contributed by atoms with Crippen LogP contribution in [0.1, 0.15) is 89.0 Å². The molecule has 0 spiro atoms. The van der Waals surface area contributed by atoms with E-state index in [0.717, 1.165) is 100 Å². The van der Waals surface area contributed by atoms with Crippen LogP contribution >= 0.6 is 0 Å². The molecule has 2 aromatic heterocycles. The van der Waals surface area contributed by atoms with Gasteiger partial charge in [0.2, 0.25) is 0 Å². The number of hydrogen-bond donors (Lipinski definition) is 0. The molecule has 0 aliphatic carbocycles. The van der Waals surface area contributed by atoms with Crippen LogP contribution in [0.4, 0.5) is 22.0 Å². The molecule has 0 N–H and O–H groups in total. The van der Waals surface area contributed by atoms with Gasteiger partial charge in [-0.05, 0) is 208 Å². The van der Waals surface area contributed by atoms with Gasteiger partial charge in [0.25, 0.3) is 0 Å². The Morgan fingerprint density at radius 2 is 0.818 bits per heavy atom. The van der Waals surface area contributed by atoms with E-state index in [1.807, 2.05) is 128 Å². The fourth-order valence-corrected chi connectivity index (χ4v) is 13.9. The molecule has 0 bridgehead atoms. The zero-order chi connectivity index (χ0) is 54.6. The van der Waals surface area contributed by atoms with E-state index in [4.69, 9.17) is 0 Å². The number of nitriles is 1. The molecule has 0 amide bonds. The quantitative estimate of drug-likeness (QED) is 0.158. The number of rotatable bonds is 5. The first-order valence-corrected chi connectivity index (χ1v) is 26.1. The van der Waals surface area contributed by atoms with Crippen molar-refractivity contribution in [2.24, 2.45) is 0 Å². The van der Waals surface area contributed by atoms with Crippen LogP contribution in [-0.4, -0.2) is 9.13 Å². The number of benzene rings is 9. The van der Waals surface area contributed by atoms with Crippen LogP contribution in [0.3, 0.4) is 0 Å². The van der Waals surface area contributed by atoms with Crippen LogP contribution in [0.5, 0.6) is 0 Å². The zero-order valence-corrected chi connectivity index (χ0v) is 45.3. The molecule has 0 saturated carbocycles. The molecule has 0 fully saturated rings. The molecule has 0 radical (unpaired) electrons. The number of hydrogen-bond acceptors (Lipinski definition) is 1. The Labute approximate surface area is 445 Å². The number of aromatic nitrogens is 2. The summed E-state index contributed by atoms with van der Waals surface area (Å²) in [6.45, 7) is 24.1. The molecular formula is C69H56F5N3. The van der Waals surface area contributed by atoms with E-state index in [-0.39, 0.29) is 16.8 Å². The van der Waals surface area contributed by atoms with Crippen molar-refractivity contribution in [1.82, 2.24) is 9.13 Å². The first kappa shape index (κ1) is 49.6. The fourth-order valence-electron chi connectivity index (χ4n) is 13.9. The van der Waals surface area contributed by atoms with Crippen molar-refractivity contribution in [2.75, 3.05) is 0 Å². The largest absolute Gasteiger partial charge is 0.418 e. The highest BCUT2D eigenvalue weighted by Gasteiger charge is 2.50. The molecule has 12 rings (SSSR count). The van der Waals surface area contributed by atoms with E-state index in [1.54, 1.807) is 10.6 Å². The Morgan fingerprint density at radius 1 is 0.416 bits per heavy atom. The smallest absolute Gasteiger partial charge is 0.307 e. The van der Waals surface area contributed by atoms with Gasteiger partial charge in [0, 0.05) is 21.5 Å². The highest BCUT2D eigenvalue weighted by molar-refractivity contribution is 6.16. The van der Waals surface area contributed by atoms with Gasteiger partial charge in [0.05, 0.1) is 50.1 Å².